The second-order valence-corrected chi connectivity index (χ2v) is 5.80. The summed E-state index contributed by atoms with van der Waals surface area (Å²) in [5.41, 5.74) is 10.3. The number of nitrogens with one attached hydrogen (secondary N) is 2. The summed E-state index contributed by atoms with van der Waals surface area (Å²) in [4.78, 5) is 30.9. The highest BCUT2D eigenvalue weighted by Crippen LogP contribution is 2.27. The molecule has 0 saturated carbocycles. The lowest BCUT2D eigenvalue weighted by Gasteiger charge is -2.32. The zero-order chi connectivity index (χ0) is 17.1. The summed E-state index contributed by atoms with van der Waals surface area (Å²) in [5.74, 6) is -0.903. The second kappa shape index (κ2) is 6.88. The van der Waals surface area contributed by atoms with E-state index in [-0.39, 0.29) is 11.9 Å². The predicted molar refractivity (Wildman–Crippen MR) is 89.2 cm³/mol. The van der Waals surface area contributed by atoms with Crippen LogP contribution in [0.3, 0.4) is 0 Å². The van der Waals surface area contributed by atoms with Crippen molar-refractivity contribution >= 4 is 28.6 Å². The molecule has 0 bridgehead atoms. The lowest BCUT2D eigenvalue weighted by atomic mass is 9.99. The van der Waals surface area contributed by atoms with Crippen molar-refractivity contribution in [3.63, 3.8) is 0 Å². The quantitative estimate of drug-likeness (QED) is 0.711. The molecular formula is C16H21N5O3. The van der Waals surface area contributed by atoms with Gasteiger partial charge in [0.05, 0.1) is 23.8 Å². The van der Waals surface area contributed by atoms with Crippen molar-refractivity contribution in [2.24, 2.45) is 11.7 Å². The van der Waals surface area contributed by atoms with Crippen LogP contribution < -0.4 is 11.2 Å². The van der Waals surface area contributed by atoms with Crippen LogP contribution in [0.5, 0.6) is 0 Å². The van der Waals surface area contributed by atoms with Gasteiger partial charge >= 0.3 is 5.97 Å². The van der Waals surface area contributed by atoms with Gasteiger partial charge in [0, 0.05) is 30.9 Å². The molecule has 8 heteroatoms. The maximum Gasteiger partial charge on any atom is 0.310 e. The first-order chi connectivity index (χ1) is 11.6. The van der Waals surface area contributed by atoms with Crippen molar-refractivity contribution < 1.29 is 14.3 Å². The van der Waals surface area contributed by atoms with Gasteiger partial charge < -0.3 is 20.9 Å². The highest BCUT2D eigenvalue weighted by atomic mass is 16.5. The van der Waals surface area contributed by atoms with Crippen LogP contribution in [0.4, 0.5) is 5.69 Å². The van der Waals surface area contributed by atoms with Gasteiger partial charge in [0.1, 0.15) is 5.65 Å². The normalized spacial score (nSPS) is 18.5. The van der Waals surface area contributed by atoms with Gasteiger partial charge in [0.15, 0.2) is 0 Å². The Labute approximate surface area is 139 Å². The molecule has 3 heterocycles. The molecule has 0 radical (unpaired) electrons. The molecule has 2 aromatic rings. The van der Waals surface area contributed by atoms with E-state index in [0.717, 1.165) is 24.8 Å². The number of hydrogen-bond acceptors (Lipinski definition) is 6. The molecule has 0 aromatic carbocycles. The standard InChI is InChI=1S/C16H21N5O3/c1-2-24-16(23)10-4-3-7-21(9-10)20-13-11-5-6-18-15(11)19-8-12(13)14(17)22/h5-6,8,10H,2-4,7,9H2,1H3,(H2,17,22)(H2,18,19,20)/t10-/m0/s1. The first-order valence-corrected chi connectivity index (χ1v) is 8.04. The summed E-state index contributed by atoms with van der Waals surface area (Å²) in [5, 5.41) is 2.71. The number of H-pyrrole nitrogens is 1. The van der Waals surface area contributed by atoms with Crippen molar-refractivity contribution in [1.29, 1.82) is 0 Å². The van der Waals surface area contributed by atoms with Crippen molar-refractivity contribution in [3.8, 4) is 0 Å². The largest absolute Gasteiger partial charge is 0.466 e. The Morgan fingerprint density at radius 1 is 1.54 bits per heavy atom. The lowest BCUT2D eigenvalue weighted by molar-refractivity contribution is -0.149. The SMILES string of the molecule is CCOC(=O)[C@H]1CCCN(Nc2c(C(N)=O)cnc3[nH]ccc23)C1. The molecule has 0 aliphatic carbocycles. The molecule has 1 fully saturated rings. The van der Waals surface area contributed by atoms with E-state index in [9.17, 15) is 9.59 Å². The van der Waals surface area contributed by atoms with Crippen LogP contribution in [0, 0.1) is 5.92 Å². The third-order valence-corrected chi connectivity index (χ3v) is 4.16. The smallest absolute Gasteiger partial charge is 0.310 e. The van der Waals surface area contributed by atoms with Crippen molar-refractivity contribution in [2.45, 2.75) is 19.8 Å². The van der Waals surface area contributed by atoms with Crippen LogP contribution in [0.25, 0.3) is 11.0 Å². The molecule has 8 nitrogen and oxygen atoms in total. The number of pyridine rings is 1. The average Bonchev–Trinajstić information content (AvgIpc) is 3.04. The maximum atomic E-state index is 12.0. The number of nitrogens with two attached hydrogens (primary N) is 1. The van der Waals surface area contributed by atoms with Crippen LogP contribution in [0.2, 0.25) is 0 Å². The Kier molecular flexibility index (Phi) is 4.66. The van der Waals surface area contributed by atoms with Crippen molar-refractivity contribution in [1.82, 2.24) is 15.0 Å². The number of primary amides is 1. The van der Waals surface area contributed by atoms with Crippen molar-refractivity contribution in [3.05, 3.63) is 24.0 Å². The fourth-order valence-electron chi connectivity index (χ4n) is 3.00. The van der Waals surface area contributed by atoms with Crippen LogP contribution in [0.1, 0.15) is 30.1 Å². The number of fused-ring (bicyclic) bond motifs is 1. The molecule has 0 unspecified atom stereocenters. The third kappa shape index (κ3) is 3.18. The highest BCUT2D eigenvalue weighted by Gasteiger charge is 2.28. The molecule has 1 aliphatic heterocycles. The van der Waals surface area contributed by atoms with Crippen LogP contribution in [0.15, 0.2) is 18.5 Å². The lowest BCUT2D eigenvalue weighted by Crippen LogP contribution is -2.43. The summed E-state index contributed by atoms with van der Waals surface area (Å²) in [6.45, 7) is 3.46. The summed E-state index contributed by atoms with van der Waals surface area (Å²) in [6, 6.07) is 1.84. The number of hydrogen-bond donors (Lipinski definition) is 3. The van der Waals surface area contributed by atoms with Gasteiger partial charge in [-0.3, -0.25) is 9.59 Å². The summed E-state index contributed by atoms with van der Waals surface area (Å²) < 4.78 is 5.12. The van der Waals surface area contributed by atoms with Crippen molar-refractivity contribution in [2.75, 3.05) is 25.1 Å². The number of anilines is 1. The zero-order valence-corrected chi connectivity index (χ0v) is 13.5. The Morgan fingerprint density at radius 3 is 3.12 bits per heavy atom. The average molecular weight is 331 g/mol. The Hall–Kier alpha value is -2.61. The van der Waals surface area contributed by atoms with Gasteiger partial charge in [-0.1, -0.05) is 0 Å². The minimum Gasteiger partial charge on any atom is -0.466 e. The number of amides is 1. The number of ether oxygens (including phenoxy) is 1. The van der Waals surface area contributed by atoms with Gasteiger partial charge in [0.25, 0.3) is 5.91 Å². The van der Waals surface area contributed by atoms with Crippen LogP contribution >= 0.6 is 0 Å². The van der Waals surface area contributed by atoms with E-state index in [4.69, 9.17) is 10.5 Å². The molecule has 128 valence electrons. The van der Waals surface area contributed by atoms with E-state index in [0.29, 0.717) is 30.0 Å². The maximum absolute atomic E-state index is 12.0. The highest BCUT2D eigenvalue weighted by molar-refractivity contribution is 6.05. The third-order valence-electron chi connectivity index (χ3n) is 4.16. The van der Waals surface area contributed by atoms with Gasteiger partial charge in [-0.25, -0.2) is 9.99 Å². The summed E-state index contributed by atoms with van der Waals surface area (Å²) in [6.07, 6.45) is 4.88. The number of rotatable bonds is 5. The van der Waals surface area contributed by atoms with Gasteiger partial charge in [-0.2, -0.15) is 0 Å². The monoisotopic (exact) mass is 331 g/mol. The first-order valence-electron chi connectivity index (χ1n) is 8.04. The van der Waals surface area contributed by atoms with Gasteiger partial charge in [0.2, 0.25) is 0 Å². The molecule has 1 atom stereocenters. The van der Waals surface area contributed by atoms with E-state index < -0.39 is 5.91 Å². The Bertz CT molecular complexity index is 757. The van der Waals surface area contributed by atoms with E-state index >= 15 is 0 Å². The van der Waals surface area contributed by atoms with Crippen LogP contribution in [-0.2, 0) is 9.53 Å². The topological polar surface area (TPSA) is 113 Å². The number of carbonyl (C=O) groups excluding carboxylic acids is 2. The van der Waals surface area contributed by atoms with Gasteiger partial charge in [-0.05, 0) is 25.8 Å². The fourth-order valence-corrected chi connectivity index (χ4v) is 3.00. The van der Waals surface area contributed by atoms with E-state index in [1.165, 1.54) is 6.20 Å². The molecule has 3 rings (SSSR count). The van der Waals surface area contributed by atoms with Crippen LogP contribution in [-0.4, -0.2) is 46.5 Å². The van der Waals surface area contributed by atoms with E-state index in [2.05, 4.69) is 15.4 Å². The number of nitrogens with zero attached hydrogens (tertiary/aromatic N) is 2. The predicted octanol–water partition coefficient (Wildman–Crippen LogP) is 1.26. The molecule has 4 N–H and O–H groups in total. The number of piperidine rings is 1. The number of aromatic amines is 1. The summed E-state index contributed by atoms with van der Waals surface area (Å²) in [7, 11) is 0. The molecule has 1 aliphatic rings. The molecule has 1 saturated heterocycles. The second-order valence-electron chi connectivity index (χ2n) is 5.80. The summed E-state index contributed by atoms with van der Waals surface area (Å²) >= 11 is 0. The van der Waals surface area contributed by atoms with Gasteiger partial charge in [-0.15, -0.1) is 0 Å². The molecular weight excluding hydrogens is 310 g/mol. The Balaban J connectivity index is 1.83. The minimum atomic E-state index is -0.549. The zero-order valence-electron chi connectivity index (χ0n) is 13.5. The number of esters is 1. The molecule has 24 heavy (non-hydrogen) atoms. The fraction of sp³-hybridized carbons (Fsp3) is 0.438. The van der Waals surface area contributed by atoms with E-state index in [1.807, 2.05) is 11.1 Å². The number of hydrazine groups is 1. The molecule has 1 amide bonds. The first kappa shape index (κ1) is 16.3. The number of aromatic nitrogens is 2. The molecule has 2 aromatic heterocycles. The minimum absolute atomic E-state index is 0.174. The molecule has 0 spiro atoms. The Morgan fingerprint density at radius 2 is 2.38 bits per heavy atom. The van der Waals surface area contributed by atoms with E-state index in [1.54, 1.807) is 13.1 Å². The number of carbonyl (C=O) groups is 2.